The minimum Gasteiger partial charge on any atom is -0.490 e. The van der Waals surface area contributed by atoms with Crippen molar-refractivity contribution in [2.45, 2.75) is 25.9 Å². The highest BCUT2D eigenvalue weighted by Crippen LogP contribution is 2.19. The van der Waals surface area contributed by atoms with Crippen LogP contribution in [0.5, 0.6) is 5.75 Å². The maximum Gasteiger partial charge on any atom is 0.410 e. The lowest BCUT2D eigenvalue weighted by atomic mass is 10.3. The van der Waals surface area contributed by atoms with Crippen molar-refractivity contribution in [1.29, 1.82) is 0 Å². The van der Waals surface area contributed by atoms with Gasteiger partial charge in [0.15, 0.2) is 6.10 Å². The van der Waals surface area contributed by atoms with Crippen LogP contribution in [0.2, 0.25) is 5.02 Å². The van der Waals surface area contributed by atoms with Gasteiger partial charge in [0, 0.05) is 18.0 Å². The zero-order valence-electron chi connectivity index (χ0n) is 13.0. The van der Waals surface area contributed by atoms with Gasteiger partial charge in [-0.2, -0.15) is 0 Å². The molecular weight excluding hydrogens is 322 g/mol. The number of nitrogens with zero attached hydrogens (tertiary/aromatic N) is 1. The van der Waals surface area contributed by atoms with Gasteiger partial charge < -0.3 is 19.1 Å². The van der Waals surface area contributed by atoms with Crippen molar-refractivity contribution in [3.63, 3.8) is 0 Å². The van der Waals surface area contributed by atoms with Gasteiger partial charge in [0.25, 0.3) is 0 Å². The summed E-state index contributed by atoms with van der Waals surface area (Å²) in [5.41, 5.74) is 0. The fraction of sp³-hybridized carbons (Fsp3) is 0.500. The Hall–Kier alpha value is -1.95. The Labute approximate surface area is 140 Å². The van der Waals surface area contributed by atoms with E-state index in [-0.39, 0.29) is 24.8 Å². The number of amides is 1. The van der Waals surface area contributed by atoms with Crippen molar-refractivity contribution in [3.8, 4) is 5.75 Å². The molecule has 1 atom stereocenters. The number of rotatable bonds is 8. The van der Waals surface area contributed by atoms with Crippen molar-refractivity contribution in [1.82, 2.24) is 4.90 Å². The summed E-state index contributed by atoms with van der Waals surface area (Å²) in [6.07, 6.45) is 0.134. The number of hydrogen-bond acceptors (Lipinski definition) is 5. The Morgan fingerprint density at radius 2 is 2.30 bits per heavy atom. The van der Waals surface area contributed by atoms with E-state index >= 15 is 0 Å². The molecule has 1 aromatic carbocycles. The molecule has 6 nitrogen and oxygen atoms in total. The molecule has 0 aromatic heterocycles. The van der Waals surface area contributed by atoms with Crippen molar-refractivity contribution >= 4 is 23.7 Å². The third-order valence-corrected chi connectivity index (χ3v) is 3.53. The molecule has 0 N–H and O–H groups in total. The van der Waals surface area contributed by atoms with E-state index in [2.05, 4.69) is 0 Å². The van der Waals surface area contributed by atoms with Gasteiger partial charge in [-0.25, -0.2) is 4.79 Å². The smallest absolute Gasteiger partial charge is 0.410 e. The molecule has 0 bridgehead atoms. The first-order valence-electron chi connectivity index (χ1n) is 7.58. The monoisotopic (exact) mass is 341 g/mol. The van der Waals surface area contributed by atoms with Gasteiger partial charge in [-0.3, -0.25) is 4.79 Å². The fourth-order valence-electron chi connectivity index (χ4n) is 2.24. The Bertz CT molecular complexity index is 551. The van der Waals surface area contributed by atoms with Crippen LogP contribution in [0.15, 0.2) is 24.3 Å². The highest BCUT2D eigenvalue weighted by molar-refractivity contribution is 6.30. The normalized spacial score (nSPS) is 17.0. The Kier molecular flexibility index (Phi) is 6.52. The lowest BCUT2D eigenvalue weighted by Gasteiger charge is -2.12. The molecule has 1 aromatic rings. The number of hydrogen-bond donors (Lipinski definition) is 0. The van der Waals surface area contributed by atoms with E-state index < -0.39 is 0 Å². The number of benzene rings is 1. The number of esters is 1. The molecule has 0 radical (unpaired) electrons. The van der Waals surface area contributed by atoms with Gasteiger partial charge in [0.1, 0.15) is 12.4 Å². The van der Waals surface area contributed by atoms with E-state index in [1.165, 1.54) is 0 Å². The summed E-state index contributed by atoms with van der Waals surface area (Å²) < 4.78 is 15.7. The second kappa shape index (κ2) is 8.62. The number of halogens is 1. The molecular formula is C16H20ClNO5. The Morgan fingerprint density at radius 1 is 1.48 bits per heavy atom. The van der Waals surface area contributed by atoms with Crippen LogP contribution in [0.4, 0.5) is 4.79 Å². The molecule has 1 heterocycles. The molecule has 1 fully saturated rings. The van der Waals surface area contributed by atoms with E-state index in [4.69, 9.17) is 25.8 Å². The van der Waals surface area contributed by atoms with Crippen LogP contribution in [0, 0.1) is 0 Å². The van der Waals surface area contributed by atoms with E-state index in [0.717, 1.165) is 0 Å². The quantitative estimate of drug-likeness (QED) is 0.680. The fourth-order valence-corrected chi connectivity index (χ4v) is 2.42. The zero-order chi connectivity index (χ0) is 16.7. The molecule has 0 saturated carbocycles. The van der Waals surface area contributed by atoms with Crippen LogP contribution in [0.25, 0.3) is 0 Å². The second-order valence-electron chi connectivity index (χ2n) is 5.13. The first-order valence-corrected chi connectivity index (χ1v) is 7.96. The first-order chi connectivity index (χ1) is 11.1. The van der Waals surface area contributed by atoms with Crippen molar-refractivity contribution < 1.29 is 23.8 Å². The van der Waals surface area contributed by atoms with Crippen molar-refractivity contribution in [3.05, 3.63) is 29.3 Å². The molecule has 23 heavy (non-hydrogen) atoms. The molecule has 1 aliphatic rings. The van der Waals surface area contributed by atoms with Gasteiger partial charge in [0.05, 0.1) is 13.2 Å². The summed E-state index contributed by atoms with van der Waals surface area (Å²) in [6, 6.07) is 7.05. The molecule has 0 aliphatic carbocycles. The second-order valence-corrected chi connectivity index (χ2v) is 5.57. The van der Waals surface area contributed by atoms with Crippen LogP contribution in [-0.4, -0.2) is 49.4 Å². The van der Waals surface area contributed by atoms with Gasteiger partial charge in [-0.1, -0.05) is 17.7 Å². The van der Waals surface area contributed by atoms with E-state index in [9.17, 15) is 9.59 Å². The lowest BCUT2D eigenvalue weighted by molar-refractivity contribution is -0.143. The van der Waals surface area contributed by atoms with Crippen LogP contribution in [0.1, 0.15) is 19.8 Å². The van der Waals surface area contributed by atoms with Crippen LogP contribution in [0.3, 0.4) is 0 Å². The van der Waals surface area contributed by atoms with E-state index in [0.29, 0.717) is 43.3 Å². The highest BCUT2D eigenvalue weighted by atomic mass is 35.5. The van der Waals surface area contributed by atoms with Gasteiger partial charge in [0.2, 0.25) is 0 Å². The third kappa shape index (κ3) is 5.63. The maximum atomic E-state index is 11.8. The standard InChI is InChI=1S/C16H20ClNO5/c1-2-21-15(19)7-4-8-18-10-14(23-16(18)20)11-22-13-6-3-5-12(17)9-13/h3,5-6,9,14H,2,4,7-8,10-11H2,1H3. The van der Waals surface area contributed by atoms with Crippen molar-refractivity contribution in [2.75, 3.05) is 26.3 Å². The van der Waals surface area contributed by atoms with E-state index in [1.807, 2.05) is 0 Å². The summed E-state index contributed by atoms with van der Waals surface area (Å²) >= 11 is 5.88. The third-order valence-electron chi connectivity index (χ3n) is 3.30. The Balaban J connectivity index is 1.71. The first kappa shape index (κ1) is 17.4. The van der Waals surface area contributed by atoms with Gasteiger partial charge in [-0.05, 0) is 31.5 Å². The minimum absolute atomic E-state index is 0.249. The molecule has 1 saturated heterocycles. The van der Waals surface area contributed by atoms with Gasteiger partial charge in [-0.15, -0.1) is 0 Å². The minimum atomic E-state index is -0.381. The summed E-state index contributed by atoms with van der Waals surface area (Å²) in [5, 5.41) is 0.589. The largest absolute Gasteiger partial charge is 0.490 e. The summed E-state index contributed by atoms with van der Waals surface area (Å²) in [5.74, 6) is 0.384. The summed E-state index contributed by atoms with van der Waals surface area (Å²) in [6.45, 7) is 3.31. The average Bonchev–Trinajstić information content (AvgIpc) is 2.86. The van der Waals surface area contributed by atoms with Crippen molar-refractivity contribution in [2.24, 2.45) is 0 Å². The van der Waals surface area contributed by atoms with Crippen LogP contribution < -0.4 is 4.74 Å². The number of carbonyl (C=O) groups excluding carboxylic acids is 2. The van der Waals surface area contributed by atoms with Gasteiger partial charge >= 0.3 is 12.1 Å². The van der Waals surface area contributed by atoms with E-state index in [1.54, 1.807) is 36.1 Å². The average molecular weight is 342 g/mol. The van der Waals surface area contributed by atoms with Crippen LogP contribution >= 0.6 is 11.6 Å². The number of cyclic esters (lactones) is 1. The maximum absolute atomic E-state index is 11.8. The SMILES string of the molecule is CCOC(=O)CCCN1CC(COc2cccc(Cl)c2)OC1=O. The zero-order valence-corrected chi connectivity index (χ0v) is 13.8. The predicted molar refractivity (Wildman–Crippen MR) is 84.7 cm³/mol. The molecule has 126 valence electrons. The molecule has 1 amide bonds. The van der Waals surface area contributed by atoms with Crippen LogP contribution in [-0.2, 0) is 14.3 Å². The topological polar surface area (TPSA) is 65.1 Å². The molecule has 0 spiro atoms. The summed E-state index contributed by atoms with van der Waals surface area (Å²) in [4.78, 5) is 24.6. The Morgan fingerprint density at radius 3 is 3.04 bits per heavy atom. The number of ether oxygens (including phenoxy) is 3. The molecule has 7 heteroatoms. The lowest BCUT2D eigenvalue weighted by Crippen LogP contribution is -2.28. The summed E-state index contributed by atoms with van der Waals surface area (Å²) in [7, 11) is 0. The number of carbonyl (C=O) groups is 2. The molecule has 1 aliphatic heterocycles. The highest BCUT2D eigenvalue weighted by Gasteiger charge is 2.31. The molecule has 2 rings (SSSR count). The molecule has 1 unspecified atom stereocenters. The predicted octanol–water partition coefficient (Wildman–Crippen LogP) is 2.88.